The number of nitrogens with zero attached hydrogens (tertiary/aromatic N) is 1. The lowest BCUT2D eigenvalue weighted by Crippen LogP contribution is -2.39. The molecule has 0 saturated carbocycles. The molecule has 0 spiro atoms. The van der Waals surface area contributed by atoms with Gasteiger partial charge in [-0.15, -0.1) is 0 Å². The Bertz CT molecular complexity index is 392. The van der Waals surface area contributed by atoms with Gasteiger partial charge in [-0.05, 0) is 31.0 Å². The van der Waals surface area contributed by atoms with Gasteiger partial charge in [-0.2, -0.15) is 0 Å². The maximum Gasteiger partial charge on any atom is 0.317 e. The Morgan fingerprint density at radius 1 is 1.32 bits per heavy atom. The number of unbranched alkanes of at least 4 members (excludes halogenated alkanes) is 2. The van der Waals surface area contributed by atoms with Crippen molar-refractivity contribution in [2.75, 3.05) is 13.6 Å². The number of hydrogen-bond acceptors (Lipinski definition) is 1. The topological polar surface area (TPSA) is 32.3 Å². The van der Waals surface area contributed by atoms with E-state index in [-0.39, 0.29) is 17.9 Å². The van der Waals surface area contributed by atoms with E-state index in [9.17, 15) is 9.18 Å². The third-order valence-electron chi connectivity index (χ3n) is 3.31. The minimum atomic E-state index is -0.261. The Balaban J connectivity index is 2.49. The fourth-order valence-electron chi connectivity index (χ4n) is 1.84. The first-order chi connectivity index (χ1) is 9.06. The standard InChI is InChI=1S/C15H23FN2O/c1-4-5-6-11-17-15(19)18(3)12(2)13-7-9-14(16)10-8-13/h7-10,12H,4-6,11H2,1-3H3,(H,17,19). The van der Waals surface area contributed by atoms with Crippen molar-refractivity contribution in [2.45, 2.75) is 39.2 Å². The van der Waals surface area contributed by atoms with Crippen molar-refractivity contribution in [3.05, 3.63) is 35.6 Å². The van der Waals surface area contributed by atoms with E-state index >= 15 is 0 Å². The Morgan fingerprint density at radius 2 is 1.95 bits per heavy atom. The molecule has 0 aromatic heterocycles. The first-order valence-electron chi connectivity index (χ1n) is 6.82. The van der Waals surface area contributed by atoms with Gasteiger partial charge in [0.1, 0.15) is 5.82 Å². The monoisotopic (exact) mass is 266 g/mol. The van der Waals surface area contributed by atoms with Crippen molar-refractivity contribution in [1.82, 2.24) is 10.2 Å². The van der Waals surface area contributed by atoms with Gasteiger partial charge in [0.05, 0.1) is 6.04 Å². The van der Waals surface area contributed by atoms with E-state index in [1.165, 1.54) is 12.1 Å². The Hall–Kier alpha value is -1.58. The summed E-state index contributed by atoms with van der Waals surface area (Å²) in [5, 5.41) is 2.89. The highest BCUT2D eigenvalue weighted by molar-refractivity contribution is 5.74. The van der Waals surface area contributed by atoms with Crippen LogP contribution in [0.4, 0.5) is 9.18 Å². The highest BCUT2D eigenvalue weighted by Gasteiger charge is 2.16. The molecule has 1 aromatic carbocycles. The van der Waals surface area contributed by atoms with Crippen LogP contribution < -0.4 is 5.32 Å². The molecule has 0 heterocycles. The predicted octanol–water partition coefficient (Wildman–Crippen LogP) is 3.72. The number of hydrogen-bond donors (Lipinski definition) is 1. The second-order valence-corrected chi connectivity index (χ2v) is 4.78. The number of benzene rings is 1. The summed E-state index contributed by atoms with van der Waals surface area (Å²) >= 11 is 0. The zero-order valence-corrected chi connectivity index (χ0v) is 11.9. The van der Waals surface area contributed by atoms with Crippen molar-refractivity contribution in [3.63, 3.8) is 0 Å². The summed E-state index contributed by atoms with van der Waals surface area (Å²) in [5.74, 6) is -0.261. The van der Waals surface area contributed by atoms with E-state index in [1.54, 1.807) is 24.1 Å². The number of urea groups is 1. The van der Waals surface area contributed by atoms with Crippen molar-refractivity contribution < 1.29 is 9.18 Å². The number of halogens is 1. The van der Waals surface area contributed by atoms with Gasteiger partial charge in [-0.3, -0.25) is 0 Å². The predicted molar refractivity (Wildman–Crippen MR) is 75.5 cm³/mol. The Labute approximate surface area is 114 Å². The molecule has 0 aliphatic rings. The molecule has 0 aliphatic heterocycles. The van der Waals surface area contributed by atoms with Crippen LogP contribution in [0.25, 0.3) is 0 Å². The zero-order chi connectivity index (χ0) is 14.3. The molecule has 19 heavy (non-hydrogen) atoms. The zero-order valence-electron chi connectivity index (χ0n) is 11.9. The number of amides is 2. The van der Waals surface area contributed by atoms with Crippen LogP contribution in [0.1, 0.15) is 44.7 Å². The fraction of sp³-hybridized carbons (Fsp3) is 0.533. The van der Waals surface area contributed by atoms with Gasteiger partial charge in [0.15, 0.2) is 0 Å². The smallest absolute Gasteiger partial charge is 0.317 e. The molecule has 0 bridgehead atoms. The van der Waals surface area contributed by atoms with Crippen LogP contribution >= 0.6 is 0 Å². The highest BCUT2D eigenvalue weighted by Crippen LogP contribution is 2.18. The van der Waals surface area contributed by atoms with Gasteiger partial charge in [0.2, 0.25) is 0 Å². The average Bonchev–Trinajstić information content (AvgIpc) is 2.42. The lowest BCUT2D eigenvalue weighted by molar-refractivity contribution is 0.194. The number of rotatable bonds is 6. The van der Waals surface area contributed by atoms with Crippen molar-refractivity contribution in [3.8, 4) is 0 Å². The number of nitrogens with one attached hydrogen (secondary N) is 1. The largest absolute Gasteiger partial charge is 0.338 e. The molecular formula is C15H23FN2O. The maximum atomic E-state index is 12.9. The van der Waals surface area contributed by atoms with Gasteiger partial charge < -0.3 is 10.2 Å². The van der Waals surface area contributed by atoms with Crippen LogP contribution in [0.5, 0.6) is 0 Å². The minimum absolute atomic E-state index is 0.0771. The molecule has 4 heteroatoms. The third-order valence-corrected chi connectivity index (χ3v) is 3.31. The van der Waals surface area contributed by atoms with E-state index in [0.29, 0.717) is 6.54 Å². The van der Waals surface area contributed by atoms with Gasteiger partial charge in [-0.25, -0.2) is 9.18 Å². The Morgan fingerprint density at radius 3 is 2.53 bits per heavy atom. The van der Waals surface area contributed by atoms with Crippen molar-refractivity contribution in [2.24, 2.45) is 0 Å². The summed E-state index contributed by atoms with van der Waals surface area (Å²) in [5.41, 5.74) is 0.924. The lowest BCUT2D eigenvalue weighted by atomic mass is 10.1. The third kappa shape index (κ3) is 4.89. The van der Waals surface area contributed by atoms with Gasteiger partial charge in [0.25, 0.3) is 0 Å². The maximum absolute atomic E-state index is 12.9. The summed E-state index contributed by atoms with van der Waals surface area (Å²) in [4.78, 5) is 13.6. The van der Waals surface area contributed by atoms with Crippen molar-refractivity contribution in [1.29, 1.82) is 0 Å². The molecular weight excluding hydrogens is 243 g/mol. The molecule has 2 amide bonds. The van der Waals surface area contributed by atoms with Crippen LogP contribution in [-0.4, -0.2) is 24.5 Å². The normalized spacial score (nSPS) is 12.0. The van der Waals surface area contributed by atoms with Crippen LogP contribution in [0.15, 0.2) is 24.3 Å². The second kappa shape index (κ2) is 7.77. The second-order valence-electron chi connectivity index (χ2n) is 4.78. The van der Waals surface area contributed by atoms with E-state index in [4.69, 9.17) is 0 Å². The molecule has 3 nitrogen and oxygen atoms in total. The molecule has 1 aromatic rings. The van der Waals surface area contributed by atoms with E-state index in [2.05, 4.69) is 12.2 Å². The summed E-state index contributed by atoms with van der Waals surface area (Å²) in [7, 11) is 1.75. The number of carbonyl (C=O) groups is 1. The molecule has 1 unspecified atom stereocenters. The summed E-state index contributed by atoms with van der Waals surface area (Å²) < 4.78 is 12.9. The molecule has 0 aliphatic carbocycles. The van der Waals surface area contributed by atoms with Crippen molar-refractivity contribution >= 4 is 6.03 Å². The van der Waals surface area contributed by atoms with E-state index < -0.39 is 0 Å². The highest BCUT2D eigenvalue weighted by atomic mass is 19.1. The summed E-state index contributed by atoms with van der Waals surface area (Å²) in [6.07, 6.45) is 3.26. The summed E-state index contributed by atoms with van der Waals surface area (Å²) in [6.45, 7) is 4.76. The molecule has 1 rings (SSSR count). The van der Waals surface area contributed by atoms with E-state index in [0.717, 1.165) is 24.8 Å². The average molecular weight is 266 g/mol. The molecule has 0 saturated heterocycles. The van der Waals surface area contributed by atoms with Gasteiger partial charge in [0, 0.05) is 13.6 Å². The van der Waals surface area contributed by atoms with Gasteiger partial charge in [-0.1, -0.05) is 31.9 Å². The SMILES string of the molecule is CCCCCNC(=O)N(C)C(C)c1ccc(F)cc1. The first-order valence-corrected chi connectivity index (χ1v) is 6.82. The van der Waals surface area contributed by atoms with Crippen LogP contribution in [0.2, 0.25) is 0 Å². The molecule has 1 atom stereocenters. The summed E-state index contributed by atoms with van der Waals surface area (Å²) in [6, 6.07) is 6.08. The molecule has 0 radical (unpaired) electrons. The van der Waals surface area contributed by atoms with E-state index in [1.807, 2.05) is 6.92 Å². The van der Waals surface area contributed by atoms with Crippen LogP contribution in [0, 0.1) is 5.82 Å². The first kappa shape index (κ1) is 15.5. The Kier molecular flexibility index (Phi) is 6.33. The quantitative estimate of drug-likeness (QED) is 0.782. The van der Waals surface area contributed by atoms with Crippen LogP contribution in [0.3, 0.4) is 0 Å². The number of carbonyl (C=O) groups excluding carboxylic acids is 1. The molecule has 106 valence electrons. The molecule has 1 N–H and O–H groups in total. The minimum Gasteiger partial charge on any atom is -0.338 e. The molecule has 0 fully saturated rings. The van der Waals surface area contributed by atoms with Crippen LogP contribution in [-0.2, 0) is 0 Å². The lowest BCUT2D eigenvalue weighted by Gasteiger charge is -2.25. The fourth-order valence-corrected chi connectivity index (χ4v) is 1.84. The van der Waals surface area contributed by atoms with Gasteiger partial charge >= 0.3 is 6.03 Å².